The van der Waals surface area contributed by atoms with Crippen molar-refractivity contribution in [1.82, 2.24) is 0 Å². The summed E-state index contributed by atoms with van der Waals surface area (Å²) in [6, 6.07) is 4.37. The fourth-order valence-electron chi connectivity index (χ4n) is 3.04. The van der Waals surface area contributed by atoms with Crippen LogP contribution in [0.5, 0.6) is 0 Å². The average Bonchev–Trinajstić information content (AvgIpc) is 2.29. The van der Waals surface area contributed by atoms with Gasteiger partial charge in [0, 0.05) is 0 Å². The molecule has 2 rings (SSSR count). The topological polar surface area (TPSA) is 20.2 Å². The molecule has 1 aliphatic rings. The minimum Gasteiger partial charge on any atom is -0.385 e. The highest BCUT2D eigenvalue weighted by Crippen LogP contribution is 2.42. The van der Waals surface area contributed by atoms with Gasteiger partial charge >= 0.3 is 0 Å². The Labute approximate surface area is 105 Å². The van der Waals surface area contributed by atoms with E-state index in [9.17, 15) is 5.11 Å². The molecule has 1 aromatic carbocycles. The molecule has 1 aromatic rings. The van der Waals surface area contributed by atoms with E-state index >= 15 is 0 Å². The summed E-state index contributed by atoms with van der Waals surface area (Å²) in [7, 11) is 0. The van der Waals surface area contributed by atoms with Crippen LogP contribution in [-0.4, -0.2) is 5.11 Å². The van der Waals surface area contributed by atoms with Gasteiger partial charge in [-0.1, -0.05) is 31.9 Å². The molecule has 94 valence electrons. The summed E-state index contributed by atoms with van der Waals surface area (Å²) in [5, 5.41) is 11.0. The van der Waals surface area contributed by atoms with Crippen LogP contribution in [0.25, 0.3) is 0 Å². The highest BCUT2D eigenvalue weighted by atomic mass is 16.3. The Balaban J connectivity index is 2.45. The minimum absolute atomic E-state index is 0.373. The maximum absolute atomic E-state index is 11.0. The van der Waals surface area contributed by atoms with Crippen molar-refractivity contribution in [2.45, 2.75) is 59.0 Å². The van der Waals surface area contributed by atoms with E-state index in [-0.39, 0.29) is 0 Å². The summed E-state index contributed by atoms with van der Waals surface area (Å²) in [6.45, 7) is 8.62. The van der Waals surface area contributed by atoms with Crippen molar-refractivity contribution in [2.75, 3.05) is 0 Å². The van der Waals surface area contributed by atoms with Crippen molar-refractivity contribution in [3.8, 4) is 0 Å². The van der Waals surface area contributed by atoms with E-state index in [1.807, 2.05) is 0 Å². The summed E-state index contributed by atoms with van der Waals surface area (Å²) >= 11 is 0. The van der Waals surface area contributed by atoms with Gasteiger partial charge in [-0.15, -0.1) is 0 Å². The van der Waals surface area contributed by atoms with Crippen molar-refractivity contribution >= 4 is 0 Å². The van der Waals surface area contributed by atoms with Gasteiger partial charge in [-0.25, -0.2) is 0 Å². The molecule has 0 radical (unpaired) electrons. The third-order valence-electron chi connectivity index (χ3n) is 4.69. The van der Waals surface area contributed by atoms with E-state index < -0.39 is 5.60 Å². The number of hydrogen-bond donors (Lipinski definition) is 1. The molecule has 1 aliphatic carbocycles. The first-order valence-corrected chi connectivity index (χ1v) is 6.76. The molecular weight excluding hydrogens is 208 g/mol. The van der Waals surface area contributed by atoms with Gasteiger partial charge in [0.25, 0.3) is 0 Å². The van der Waals surface area contributed by atoms with Crippen LogP contribution in [0.3, 0.4) is 0 Å². The number of rotatable bonds is 1. The molecule has 0 aliphatic heterocycles. The second-order valence-electron chi connectivity index (χ2n) is 5.81. The molecule has 1 saturated carbocycles. The van der Waals surface area contributed by atoms with Crippen LogP contribution in [0.2, 0.25) is 0 Å². The van der Waals surface area contributed by atoms with Crippen molar-refractivity contribution in [1.29, 1.82) is 0 Å². The molecule has 1 N–H and O–H groups in total. The van der Waals surface area contributed by atoms with E-state index in [2.05, 4.69) is 39.8 Å². The molecule has 0 saturated heterocycles. The standard InChI is InChI=1S/C16H24O/c1-11-9-15(10-12(2)14(11)4)16(17)8-6-5-7-13(16)3/h9-10,13,17H,5-8H2,1-4H3. The molecule has 1 heteroatoms. The fourth-order valence-corrected chi connectivity index (χ4v) is 3.04. The molecule has 0 amide bonds. The molecule has 17 heavy (non-hydrogen) atoms. The zero-order chi connectivity index (χ0) is 12.6. The van der Waals surface area contributed by atoms with E-state index in [4.69, 9.17) is 0 Å². The maximum atomic E-state index is 11.0. The third-order valence-corrected chi connectivity index (χ3v) is 4.69. The SMILES string of the molecule is Cc1cc(C2(O)CCCCC2C)cc(C)c1C. The predicted octanol–water partition coefficient (Wildman–Crippen LogP) is 4.01. The van der Waals surface area contributed by atoms with Crippen molar-refractivity contribution in [3.05, 3.63) is 34.4 Å². The third kappa shape index (κ3) is 2.13. The first-order valence-electron chi connectivity index (χ1n) is 6.76. The van der Waals surface area contributed by atoms with Crippen molar-refractivity contribution in [2.24, 2.45) is 5.92 Å². The second kappa shape index (κ2) is 4.45. The number of benzene rings is 1. The average molecular weight is 232 g/mol. The van der Waals surface area contributed by atoms with Crippen LogP contribution < -0.4 is 0 Å². The summed E-state index contributed by atoms with van der Waals surface area (Å²) in [5.74, 6) is 0.373. The van der Waals surface area contributed by atoms with Gasteiger partial charge < -0.3 is 5.11 Å². The lowest BCUT2D eigenvalue weighted by Crippen LogP contribution is -2.36. The number of aliphatic hydroxyl groups is 1. The van der Waals surface area contributed by atoms with E-state index in [1.165, 1.54) is 23.1 Å². The smallest absolute Gasteiger partial charge is 0.0922 e. The molecule has 1 fully saturated rings. The normalized spacial score (nSPS) is 29.4. The molecule has 1 nitrogen and oxygen atoms in total. The quantitative estimate of drug-likeness (QED) is 0.775. The molecular formula is C16H24O. The van der Waals surface area contributed by atoms with Crippen LogP contribution in [0.15, 0.2) is 12.1 Å². The lowest BCUT2D eigenvalue weighted by Gasteiger charge is -2.39. The van der Waals surface area contributed by atoms with Crippen molar-refractivity contribution < 1.29 is 5.11 Å². The minimum atomic E-state index is -0.596. The van der Waals surface area contributed by atoms with Crippen LogP contribution in [0, 0.1) is 26.7 Å². The van der Waals surface area contributed by atoms with Crippen molar-refractivity contribution in [3.63, 3.8) is 0 Å². The Morgan fingerprint density at radius 2 is 1.71 bits per heavy atom. The summed E-state index contributed by atoms with van der Waals surface area (Å²) in [4.78, 5) is 0. The highest BCUT2D eigenvalue weighted by molar-refractivity contribution is 5.39. The summed E-state index contributed by atoms with van der Waals surface area (Å²) in [6.07, 6.45) is 4.46. The van der Waals surface area contributed by atoms with Gasteiger partial charge in [0.05, 0.1) is 5.60 Å². The molecule has 0 heterocycles. The van der Waals surface area contributed by atoms with Gasteiger partial charge in [-0.2, -0.15) is 0 Å². The van der Waals surface area contributed by atoms with Crippen LogP contribution >= 0.6 is 0 Å². The zero-order valence-electron chi connectivity index (χ0n) is 11.5. The van der Waals surface area contributed by atoms with E-state index in [1.54, 1.807) is 0 Å². The Morgan fingerprint density at radius 1 is 1.12 bits per heavy atom. The maximum Gasteiger partial charge on any atom is 0.0922 e. The molecule has 2 unspecified atom stereocenters. The summed E-state index contributed by atoms with van der Waals surface area (Å²) in [5.41, 5.74) is 4.48. The Hall–Kier alpha value is -0.820. The van der Waals surface area contributed by atoms with Gasteiger partial charge in [0.15, 0.2) is 0 Å². The van der Waals surface area contributed by atoms with Crippen LogP contribution in [0.4, 0.5) is 0 Å². The lowest BCUT2D eigenvalue weighted by molar-refractivity contribution is -0.0470. The molecule has 0 spiro atoms. The zero-order valence-corrected chi connectivity index (χ0v) is 11.5. The number of hydrogen-bond acceptors (Lipinski definition) is 1. The van der Waals surface area contributed by atoms with E-state index in [0.29, 0.717) is 5.92 Å². The predicted molar refractivity (Wildman–Crippen MR) is 72.2 cm³/mol. The summed E-state index contributed by atoms with van der Waals surface area (Å²) < 4.78 is 0. The first-order chi connectivity index (χ1) is 7.95. The molecule has 0 aromatic heterocycles. The molecule has 0 bridgehead atoms. The largest absolute Gasteiger partial charge is 0.385 e. The molecule has 2 atom stereocenters. The monoisotopic (exact) mass is 232 g/mol. The van der Waals surface area contributed by atoms with E-state index in [0.717, 1.165) is 24.8 Å². The van der Waals surface area contributed by atoms with Gasteiger partial charge in [0.2, 0.25) is 0 Å². The number of aryl methyl sites for hydroxylation is 2. The van der Waals surface area contributed by atoms with Crippen LogP contribution in [0.1, 0.15) is 54.9 Å². The second-order valence-corrected chi connectivity index (χ2v) is 5.81. The lowest BCUT2D eigenvalue weighted by atomic mass is 9.71. The van der Waals surface area contributed by atoms with Gasteiger partial charge in [0.1, 0.15) is 0 Å². The first kappa shape index (κ1) is 12.6. The Bertz CT molecular complexity index is 399. The van der Waals surface area contributed by atoms with Gasteiger partial charge in [-0.3, -0.25) is 0 Å². The Kier molecular flexibility index (Phi) is 3.31. The highest BCUT2D eigenvalue weighted by Gasteiger charge is 2.37. The fraction of sp³-hybridized carbons (Fsp3) is 0.625. The van der Waals surface area contributed by atoms with Crippen LogP contribution in [-0.2, 0) is 5.60 Å². The Morgan fingerprint density at radius 3 is 2.24 bits per heavy atom. The van der Waals surface area contributed by atoms with Gasteiger partial charge in [-0.05, 0) is 61.8 Å².